The van der Waals surface area contributed by atoms with Gasteiger partial charge in [0.05, 0.1) is 13.8 Å². The summed E-state index contributed by atoms with van der Waals surface area (Å²) in [7, 11) is -2.59. The Hall–Kier alpha value is -0.503. The Labute approximate surface area is 292 Å². The molecule has 0 aliphatic heterocycles. The van der Waals surface area contributed by atoms with E-state index >= 15 is 0 Å². The molecule has 3 fully saturated rings. The standard InChI is InChI=1S/C38H49Br3O2Si/c1-35(2,3)44(28-12-8-6-9-13-28,29-14-10-7-11-15-29)43-27-18-21-36(4)26(24-27)16-17-30-31(36)19-22-37(5)32(30)20-23-38(37,42)33(39)25-34(40)41/h6-16,25,27,30-33,42H,17-24H2,1-5H3/t27-,30+,31-,32-,33?,36-,37-,38+/m0/s1. The second-order valence-electron chi connectivity index (χ2n) is 15.7. The zero-order valence-electron chi connectivity index (χ0n) is 27.0. The molecule has 8 atom stereocenters. The molecule has 1 N–H and O–H groups in total. The lowest BCUT2D eigenvalue weighted by Gasteiger charge is -2.60. The number of fused-ring (bicyclic) bond motifs is 5. The first-order chi connectivity index (χ1) is 20.8. The maximum Gasteiger partial charge on any atom is 0.261 e. The molecule has 2 nitrogen and oxygen atoms in total. The first kappa shape index (κ1) is 33.4. The number of hydrogen-bond acceptors (Lipinski definition) is 2. The van der Waals surface area contributed by atoms with Crippen LogP contribution in [0.2, 0.25) is 5.04 Å². The lowest BCUT2D eigenvalue weighted by atomic mass is 9.47. The molecule has 2 aromatic carbocycles. The first-order valence-electron chi connectivity index (χ1n) is 16.6. The third-order valence-electron chi connectivity index (χ3n) is 12.8. The smallest absolute Gasteiger partial charge is 0.261 e. The van der Waals surface area contributed by atoms with Gasteiger partial charge in [-0.3, -0.25) is 0 Å². The normalized spacial score (nSPS) is 36.0. The van der Waals surface area contributed by atoms with Crippen LogP contribution in [-0.2, 0) is 4.43 Å². The number of aliphatic hydroxyl groups is 1. The molecular formula is C38H49Br3O2Si. The van der Waals surface area contributed by atoms with E-state index in [9.17, 15) is 5.11 Å². The van der Waals surface area contributed by atoms with Crippen molar-refractivity contribution in [2.45, 2.75) is 108 Å². The van der Waals surface area contributed by atoms with Gasteiger partial charge in [-0.15, -0.1) is 0 Å². The molecule has 6 heteroatoms. The van der Waals surface area contributed by atoms with Crippen molar-refractivity contribution in [1.82, 2.24) is 0 Å². The largest absolute Gasteiger partial charge is 0.404 e. The van der Waals surface area contributed by atoms with Gasteiger partial charge in [0.15, 0.2) is 0 Å². The van der Waals surface area contributed by atoms with Crippen molar-refractivity contribution >= 4 is 66.5 Å². The fourth-order valence-electron chi connectivity index (χ4n) is 10.4. The molecule has 4 aliphatic rings. The number of rotatable bonds is 6. The number of benzene rings is 2. The van der Waals surface area contributed by atoms with Crippen LogP contribution in [0.1, 0.15) is 86.0 Å². The maximum atomic E-state index is 12.2. The van der Waals surface area contributed by atoms with Crippen LogP contribution in [0, 0.1) is 28.6 Å². The second-order valence-corrected chi connectivity index (χ2v) is 23.7. The fourth-order valence-corrected chi connectivity index (χ4v) is 17.4. The SMILES string of the molecule is CC(C)(C)[Si](O[C@H]1CC[C@@]2(C)C(=CC[C@@H]3[C@@H]2CC[C@@]2(C)[C@H]3CC[C@@]2(O)C(Br)C=C(Br)Br)C1)(c1ccccc1)c1ccccc1. The van der Waals surface area contributed by atoms with Gasteiger partial charge in [0.1, 0.15) is 0 Å². The summed E-state index contributed by atoms with van der Waals surface area (Å²) in [5.41, 5.74) is 1.05. The summed E-state index contributed by atoms with van der Waals surface area (Å²) in [5, 5.41) is 14.9. The van der Waals surface area contributed by atoms with E-state index in [2.05, 4.69) is 155 Å². The molecule has 2 aromatic rings. The lowest BCUT2D eigenvalue weighted by molar-refractivity contribution is -0.119. The van der Waals surface area contributed by atoms with Gasteiger partial charge < -0.3 is 9.53 Å². The van der Waals surface area contributed by atoms with E-state index in [1.165, 1.54) is 23.2 Å². The van der Waals surface area contributed by atoms with E-state index in [0.717, 1.165) is 41.9 Å². The van der Waals surface area contributed by atoms with Gasteiger partial charge in [0.2, 0.25) is 0 Å². The Morgan fingerprint density at radius 3 is 2.07 bits per heavy atom. The molecule has 6 rings (SSSR count). The number of hydrogen-bond donors (Lipinski definition) is 1. The highest BCUT2D eigenvalue weighted by Gasteiger charge is 2.65. The quantitative estimate of drug-likeness (QED) is 0.179. The van der Waals surface area contributed by atoms with Crippen LogP contribution in [0.4, 0.5) is 0 Å². The highest BCUT2D eigenvalue weighted by molar-refractivity contribution is 9.28. The van der Waals surface area contributed by atoms with E-state index in [1.807, 2.05) is 0 Å². The van der Waals surface area contributed by atoms with Crippen molar-refractivity contribution < 1.29 is 9.53 Å². The maximum absolute atomic E-state index is 12.2. The molecule has 0 amide bonds. The summed E-state index contributed by atoms with van der Waals surface area (Å²) in [4.78, 5) is -0.0744. The van der Waals surface area contributed by atoms with E-state index < -0.39 is 13.9 Å². The monoisotopic (exact) mass is 802 g/mol. The minimum absolute atomic E-state index is 0.0114. The predicted molar refractivity (Wildman–Crippen MR) is 198 cm³/mol. The molecule has 1 unspecified atom stereocenters. The zero-order valence-corrected chi connectivity index (χ0v) is 32.7. The van der Waals surface area contributed by atoms with Gasteiger partial charge >= 0.3 is 0 Å². The van der Waals surface area contributed by atoms with Gasteiger partial charge in [-0.2, -0.15) is 0 Å². The number of halogens is 3. The van der Waals surface area contributed by atoms with Crippen molar-refractivity contribution in [2.75, 3.05) is 0 Å². The molecule has 0 saturated heterocycles. The summed E-state index contributed by atoms with van der Waals surface area (Å²) in [5.74, 6) is 1.88. The van der Waals surface area contributed by atoms with Crippen LogP contribution in [0.15, 0.2) is 81.8 Å². The van der Waals surface area contributed by atoms with E-state index in [1.54, 1.807) is 5.57 Å². The van der Waals surface area contributed by atoms with Crippen LogP contribution < -0.4 is 10.4 Å². The van der Waals surface area contributed by atoms with Crippen molar-refractivity contribution in [2.24, 2.45) is 28.6 Å². The Morgan fingerprint density at radius 2 is 1.50 bits per heavy atom. The molecule has 0 bridgehead atoms. The van der Waals surface area contributed by atoms with Crippen LogP contribution in [0.5, 0.6) is 0 Å². The molecule has 44 heavy (non-hydrogen) atoms. The van der Waals surface area contributed by atoms with Crippen molar-refractivity contribution in [3.05, 3.63) is 81.8 Å². The summed E-state index contributed by atoms with van der Waals surface area (Å²) >= 11 is 10.9. The molecule has 4 aliphatic carbocycles. The van der Waals surface area contributed by atoms with Crippen molar-refractivity contribution in [3.63, 3.8) is 0 Å². The van der Waals surface area contributed by atoms with Gasteiger partial charge in [0, 0.05) is 11.5 Å². The summed E-state index contributed by atoms with van der Waals surface area (Å²) in [6, 6.07) is 22.2. The Morgan fingerprint density at radius 1 is 0.909 bits per heavy atom. The third kappa shape index (κ3) is 5.28. The molecule has 0 heterocycles. The third-order valence-corrected chi connectivity index (χ3v) is 19.4. The van der Waals surface area contributed by atoms with E-state index in [4.69, 9.17) is 4.43 Å². The molecule has 0 radical (unpaired) electrons. The van der Waals surface area contributed by atoms with E-state index in [0.29, 0.717) is 17.8 Å². The van der Waals surface area contributed by atoms with Gasteiger partial charge in [-0.05, 0) is 128 Å². The second kappa shape index (κ2) is 12.2. The minimum atomic E-state index is -2.59. The zero-order chi connectivity index (χ0) is 31.5. The van der Waals surface area contributed by atoms with Crippen LogP contribution in [0.25, 0.3) is 0 Å². The highest BCUT2D eigenvalue weighted by Crippen LogP contribution is 2.68. The lowest BCUT2D eigenvalue weighted by Crippen LogP contribution is -2.68. The first-order valence-corrected chi connectivity index (χ1v) is 21.0. The topological polar surface area (TPSA) is 29.5 Å². The van der Waals surface area contributed by atoms with Crippen LogP contribution in [-0.4, -0.2) is 30.0 Å². The van der Waals surface area contributed by atoms with Gasteiger partial charge in [-0.1, -0.05) is 123 Å². The summed E-state index contributed by atoms with van der Waals surface area (Å²) < 4.78 is 8.56. The van der Waals surface area contributed by atoms with Gasteiger partial charge in [0.25, 0.3) is 8.32 Å². The number of allylic oxidation sites excluding steroid dienone is 1. The van der Waals surface area contributed by atoms with Crippen LogP contribution >= 0.6 is 47.8 Å². The molecule has 0 aromatic heterocycles. The molecule has 0 spiro atoms. The Bertz CT molecular complexity index is 1360. The molecule has 238 valence electrons. The predicted octanol–water partition coefficient (Wildman–Crippen LogP) is 10.0. The average Bonchev–Trinajstić information content (AvgIpc) is 3.27. The highest BCUT2D eigenvalue weighted by atomic mass is 79.9. The molecular weight excluding hydrogens is 756 g/mol. The summed E-state index contributed by atoms with van der Waals surface area (Å²) in [6.45, 7) is 12.1. The summed E-state index contributed by atoms with van der Waals surface area (Å²) in [6.07, 6.45) is 13.7. The number of alkyl halides is 1. The minimum Gasteiger partial charge on any atom is -0.404 e. The van der Waals surface area contributed by atoms with Crippen LogP contribution in [0.3, 0.4) is 0 Å². The van der Waals surface area contributed by atoms with Crippen molar-refractivity contribution in [1.29, 1.82) is 0 Å². The fraction of sp³-hybridized carbons (Fsp3) is 0.579. The van der Waals surface area contributed by atoms with E-state index in [-0.39, 0.29) is 26.8 Å². The Balaban J connectivity index is 1.29. The van der Waals surface area contributed by atoms with Gasteiger partial charge in [-0.25, -0.2) is 0 Å². The van der Waals surface area contributed by atoms with Crippen molar-refractivity contribution in [3.8, 4) is 0 Å². The molecule has 3 saturated carbocycles. The average molecular weight is 806 g/mol. The Kier molecular flexibility index (Phi) is 9.25.